The average molecular weight is 399 g/mol. The molecule has 0 N–H and O–H groups in total. The summed E-state index contributed by atoms with van der Waals surface area (Å²) in [6.45, 7) is 16.2. The summed E-state index contributed by atoms with van der Waals surface area (Å²) in [4.78, 5) is 14.5. The van der Waals surface area contributed by atoms with Crippen LogP contribution >= 0.6 is 0 Å². The third kappa shape index (κ3) is 3.02. The number of aliphatic imine (C=N–C) groups is 1. The molecule has 0 amide bonds. The van der Waals surface area contributed by atoms with E-state index in [1.807, 2.05) is 19.2 Å². The van der Waals surface area contributed by atoms with Crippen molar-refractivity contribution in [2.45, 2.75) is 59.3 Å². The Morgan fingerprint density at radius 2 is 2.07 bits per heavy atom. The second-order valence-electron chi connectivity index (χ2n) is 8.85. The number of hydrogen-bond donors (Lipinski definition) is 0. The Labute approximate surface area is 179 Å². The number of allylic oxidation sites excluding steroid dienone is 1. The van der Waals surface area contributed by atoms with Crippen molar-refractivity contribution < 1.29 is 0 Å². The fraction of sp³-hybridized carbons (Fsp3) is 0.385. The van der Waals surface area contributed by atoms with E-state index < -0.39 is 0 Å². The SMILES string of the molecule is C=C(c1cc(CC)c(C)c(/N=C(C)/C(C)=C/c2cccnc2C)c1)N1CC2C3C1N23. The fourth-order valence-corrected chi connectivity index (χ4v) is 4.82. The van der Waals surface area contributed by atoms with Crippen molar-refractivity contribution in [1.82, 2.24) is 14.8 Å². The summed E-state index contributed by atoms with van der Waals surface area (Å²) in [5.41, 5.74) is 10.4. The minimum Gasteiger partial charge on any atom is -0.353 e. The molecule has 0 spiro atoms. The maximum atomic E-state index is 5.06. The Morgan fingerprint density at radius 1 is 1.30 bits per heavy atom. The number of pyridine rings is 1. The number of aromatic nitrogens is 1. The molecule has 4 fully saturated rings. The summed E-state index contributed by atoms with van der Waals surface area (Å²) in [5.74, 6) is 0. The molecule has 4 heteroatoms. The van der Waals surface area contributed by atoms with Gasteiger partial charge in [-0.2, -0.15) is 0 Å². The zero-order valence-electron chi connectivity index (χ0n) is 18.6. The first-order valence-corrected chi connectivity index (χ1v) is 10.9. The van der Waals surface area contributed by atoms with Crippen LogP contribution in [0.5, 0.6) is 0 Å². The molecule has 4 saturated heterocycles. The number of hydrogen-bond acceptors (Lipinski definition) is 4. The van der Waals surface area contributed by atoms with E-state index in [0.717, 1.165) is 59.0 Å². The van der Waals surface area contributed by atoms with Crippen LogP contribution in [0.2, 0.25) is 0 Å². The lowest BCUT2D eigenvalue weighted by Crippen LogP contribution is -2.20. The summed E-state index contributed by atoms with van der Waals surface area (Å²) in [6, 6.07) is 10.2. The molecule has 2 bridgehead atoms. The predicted octanol–water partition coefficient (Wildman–Crippen LogP) is 5.14. The van der Waals surface area contributed by atoms with Gasteiger partial charge in [-0.3, -0.25) is 14.9 Å². The average Bonchev–Trinajstić information content (AvgIpc) is 3.55. The Morgan fingerprint density at radius 3 is 2.70 bits per heavy atom. The zero-order chi connectivity index (χ0) is 21.2. The summed E-state index contributed by atoms with van der Waals surface area (Å²) >= 11 is 0. The Hall–Kier alpha value is -2.72. The molecule has 154 valence electrons. The minimum absolute atomic E-state index is 0.621. The van der Waals surface area contributed by atoms with Crippen LogP contribution < -0.4 is 0 Å². The van der Waals surface area contributed by atoms with Gasteiger partial charge >= 0.3 is 0 Å². The van der Waals surface area contributed by atoms with Crippen LogP contribution in [-0.2, 0) is 6.42 Å². The Kier molecular flexibility index (Phi) is 4.44. The highest BCUT2D eigenvalue weighted by atomic mass is 15.7. The van der Waals surface area contributed by atoms with Gasteiger partial charge in [0, 0.05) is 35.9 Å². The smallest absolute Gasteiger partial charge is 0.100 e. The van der Waals surface area contributed by atoms with Gasteiger partial charge in [0.2, 0.25) is 0 Å². The maximum Gasteiger partial charge on any atom is 0.100 e. The first kappa shape index (κ1) is 19.3. The molecule has 4 aliphatic heterocycles. The van der Waals surface area contributed by atoms with Crippen molar-refractivity contribution >= 4 is 23.2 Å². The van der Waals surface area contributed by atoms with E-state index in [2.05, 4.69) is 73.3 Å². The van der Waals surface area contributed by atoms with Crippen LogP contribution in [0.25, 0.3) is 11.8 Å². The molecule has 0 saturated carbocycles. The Bertz CT molecular complexity index is 1090. The first-order valence-electron chi connectivity index (χ1n) is 10.9. The van der Waals surface area contributed by atoms with E-state index in [1.54, 1.807) is 0 Å². The van der Waals surface area contributed by atoms with Crippen LogP contribution in [-0.4, -0.2) is 45.3 Å². The van der Waals surface area contributed by atoms with Crippen LogP contribution in [0, 0.1) is 13.8 Å². The molecule has 1 aromatic heterocycles. The topological polar surface area (TPSA) is 31.5 Å². The number of piperazine rings is 1. The lowest BCUT2D eigenvalue weighted by atomic mass is 9.99. The van der Waals surface area contributed by atoms with Crippen molar-refractivity contribution in [2.75, 3.05) is 6.54 Å². The van der Waals surface area contributed by atoms with Crippen molar-refractivity contribution in [2.24, 2.45) is 4.99 Å². The van der Waals surface area contributed by atoms with Gasteiger partial charge in [0.25, 0.3) is 0 Å². The number of nitrogens with zero attached hydrogens (tertiary/aromatic N) is 4. The van der Waals surface area contributed by atoms with Crippen LogP contribution in [0.3, 0.4) is 0 Å². The lowest BCUT2D eigenvalue weighted by molar-refractivity contribution is 0.442. The number of fused-ring (bicyclic) bond motifs is 1. The molecule has 4 unspecified atom stereocenters. The first-order chi connectivity index (χ1) is 14.4. The van der Waals surface area contributed by atoms with E-state index in [-0.39, 0.29) is 0 Å². The molecule has 4 nitrogen and oxygen atoms in total. The van der Waals surface area contributed by atoms with E-state index in [1.165, 1.54) is 16.7 Å². The molecule has 0 radical (unpaired) electrons. The largest absolute Gasteiger partial charge is 0.353 e. The molecule has 0 aliphatic carbocycles. The second-order valence-corrected chi connectivity index (χ2v) is 8.85. The van der Waals surface area contributed by atoms with Crippen LogP contribution in [0.1, 0.15) is 48.7 Å². The molecular formula is C26H30N4. The highest BCUT2D eigenvalue weighted by Crippen LogP contribution is 2.61. The number of aryl methyl sites for hydroxylation is 2. The molecule has 4 atom stereocenters. The van der Waals surface area contributed by atoms with E-state index in [0.29, 0.717) is 6.17 Å². The molecule has 6 rings (SSSR count). The van der Waals surface area contributed by atoms with Gasteiger partial charge in [0.1, 0.15) is 6.17 Å². The van der Waals surface area contributed by atoms with E-state index in [4.69, 9.17) is 4.99 Å². The monoisotopic (exact) mass is 398 g/mol. The van der Waals surface area contributed by atoms with Gasteiger partial charge in [0.15, 0.2) is 0 Å². The van der Waals surface area contributed by atoms with E-state index in [9.17, 15) is 0 Å². The van der Waals surface area contributed by atoms with Crippen LogP contribution in [0.4, 0.5) is 5.69 Å². The third-order valence-corrected chi connectivity index (χ3v) is 7.08. The maximum absolute atomic E-state index is 5.06. The summed E-state index contributed by atoms with van der Waals surface area (Å²) in [7, 11) is 0. The fourth-order valence-electron chi connectivity index (χ4n) is 4.82. The minimum atomic E-state index is 0.621. The summed E-state index contributed by atoms with van der Waals surface area (Å²) in [6.07, 6.45) is 5.63. The van der Waals surface area contributed by atoms with Crippen molar-refractivity contribution in [3.8, 4) is 0 Å². The highest BCUT2D eigenvalue weighted by molar-refractivity contribution is 6.03. The number of benzene rings is 1. The molecule has 1 aromatic carbocycles. The number of rotatable bonds is 6. The normalized spacial score (nSPS) is 26.6. The molecule has 2 aromatic rings. The molecule has 30 heavy (non-hydrogen) atoms. The third-order valence-electron chi connectivity index (χ3n) is 7.08. The van der Waals surface area contributed by atoms with Gasteiger partial charge in [-0.05, 0) is 86.2 Å². The highest BCUT2D eigenvalue weighted by Gasteiger charge is 2.79. The van der Waals surface area contributed by atoms with Gasteiger partial charge in [0.05, 0.1) is 11.7 Å². The molecular weight excluding hydrogens is 368 g/mol. The van der Waals surface area contributed by atoms with Crippen LogP contribution in [0.15, 0.2) is 47.6 Å². The van der Waals surface area contributed by atoms with Gasteiger partial charge in [-0.1, -0.05) is 19.6 Å². The second kappa shape index (κ2) is 6.92. The summed E-state index contributed by atoms with van der Waals surface area (Å²) in [5, 5.41) is 0. The van der Waals surface area contributed by atoms with E-state index >= 15 is 0 Å². The Balaban J connectivity index is 1.46. The predicted molar refractivity (Wildman–Crippen MR) is 125 cm³/mol. The quantitative estimate of drug-likeness (QED) is 0.499. The van der Waals surface area contributed by atoms with Gasteiger partial charge in [-0.15, -0.1) is 0 Å². The van der Waals surface area contributed by atoms with Crippen molar-refractivity contribution in [3.63, 3.8) is 0 Å². The summed E-state index contributed by atoms with van der Waals surface area (Å²) < 4.78 is 0. The van der Waals surface area contributed by atoms with Gasteiger partial charge < -0.3 is 4.90 Å². The van der Waals surface area contributed by atoms with Crippen molar-refractivity contribution in [3.05, 3.63) is 70.6 Å². The standard InChI is InChI=1S/C26H30N4/c1-7-20-12-22(19(6)29-14-24-25-26(29)30(24)25)13-23(16(20)3)28-17(4)15(2)11-21-9-8-10-27-18(21)5/h8-13,24-26H,6-7,14H2,1-5H3/b15-11+,28-17+. The molecule has 5 heterocycles. The molecule has 4 aliphatic rings. The lowest BCUT2D eigenvalue weighted by Gasteiger charge is -2.22. The van der Waals surface area contributed by atoms with Gasteiger partial charge in [-0.25, -0.2) is 0 Å². The van der Waals surface area contributed by atoms with Crippen molar-refractivity contribution in [1.29, 1.82) is 0 Å². The zero-order valence-corrected chi connectivity index (χ0v) is 18.6.